The van der Waals surface area contributed by atoms with Gasteiger partial charge in [0.25, 0.3) is 0 Å². The van der Waals surface area contributed by atoms with Crippen molar-refractivity contribution in [3.8, 4) is 11.5 Å². The molecule has 0 atom stereocenters. The standard InChI is InChI=1S/C14H13ClN2O/c1-9-2-5-11(6-3-9)18-13-7-4-10(15)8-12(13)14(16)17/h2-8H,1H3,(H3,16,17). The fourth-order valence-corrected chi connectivity index (χ4v) is 1.71. The summed E-state index contributed by atoms with van der Waals surface area (Å²) in [4.78, 5) is 0. The van der Waals surface area contributed by atoms with E-state index in [0.717, 1.165) is 5.56 Å². The van der Waals surface area contributed by atoms with Crippen LogP contribution in [0.5, 0.6) is 11.5 Å². The summed E-state index contributed by atoms with van der Waals surface area (Å²) in [7, 11) is 0. The molecule has 4 heteroatoms. The molecule has 0 spiro atoms. The van der Waals surface area contributed by atoms with Crippen LogP contribution in [0.25, 0.3) is 0 Å². The van der Waals surface area contributed by atoms with E-state index in [1.54, 1.807) is 18.2 Å². The lowest BCUT2D eigenvalue weighted by molar-refractivity contribution is 0.481. The molecule has 0 radical (unpaired) electrons. The van der Waals surface area contributed by atoms with Gasteiger partial charge in [-0.2, -0.15) is 0 Å². The highest BCUT2D eigenvalue weighted by Crippen LogP contribution is 2.27. The van der Waals surface area contributed by atoms with Gasteiger partial charge in [-0.15, -0.1) is 0 Å². The first-order chi connectivity index (χ1) is 8.56. The van der Waals surface area contributed by atoms with Crippen LogP contribution in [-0.2, 0) is 0 Å². The van der Waals surface area contributed by atoms with E-state index >= 15 is 0 Å². The lowest BCUT2D eigenvalue weighted by atomic mass is 10.2. The Bertz CT molecular complexity index is 579. The SMILES string of the molecule is Cc1ccc(Oc2ccc(Cl)cc2C(=N)N)cc1. The van der Waals surface area contributed by atoms with Gasteiger partial charge in [0.2, 0.25) is 0 Å². The van der Waals surface area contributed by atoms with Gasteiger partial charge in [0.15, 0.2) is 0 Å². The molecule has 0 fully saturated rings. The van der Waals surface area contributed by atoms with E-state index in [-0.39, 0.29) is 5.84 Å². The molecule has 0 aliphatic carbocycles. The molecule has 0 bridgehead atoms. The van der Waals surface area contributed by atoms with E-state index in [1.807, 2.05) is 31.2 Å². The molecule has 0 aromatic heterocycles. The highest BCUT2D eigenvalue weighted by atomic mass is 35.5. The van der Waals surface area contributed by atoms with Crippen molar-refractivity contribution in [2.75, 3.05) is 0 Å². The van der Waals surface area contributed by atoms with Crippen LogP contribution in [0.3, 0.4) is 0 Å². The summed E-state index contributed by atoms with van der Waals surface area (Å²) in [5, 5.41) is 8.04. The first-order valence-electron chi connectivity index (χ1n) is 5.45. The average Bonchev–Trinajstić information content (AvgIpc) is 2.34. The van der Waals surface area contributed by atoms with Gasteiger partial charge in [-0.05, 0) is 37.3 Å². The maximum atomic E-state index is 7.51. The first kappa shape index (κ1) is 12.5. The average molecular weight is 261 g/mol. The number of benzene rings is 2. The van der Waals surface area contributed by atoms with Crippen LogP contribution in [-0.4, -0.2) is 5.84 Å². The Labute approximate surface area is 111 Å². The number of hydrogen-bond acceptors (Lipinski definition) is 2. The van der Waals surface area contributed by atoms with Crippen LogP contribution < -0.4 is 10.5 Å². The number of aryl methyl sites for hydroxylation is 1. The quantitative estimate of drug-likeness (QED) is 0.653. The van der Waals surface area contributed by atoms with Gasteiger partial charge in [-0.3, -0.25) is 5.41 Å². The van der Waals surface area contributed by atoms with Gasteiger partial charge < -0.3 is 10.5 Å². The zero-order chi connectivity index (χ0) is 13.1. The van der Waals surface area contributed by atoms with E-state index < -0.39 is 0 Å². The van der Waals surface area contributed by atoms with Crippen LogP contribution in [0.4, 0.5) is 0 Å². The second-order valence-corrected chi connectivity index (χ2v) is 4.41. The Morgan fingerprint density at radius 1 is 1.17 bits per heavy atom. The highest BCUT2D eigenvalue weighted by molar-refractivity contribution is 6.31. The normalized spacial score (nSPS) is 10.1. The Morgan fingerprint density at radius 2 is 1.83 bits per heavy atom. The van der Waals surface area contributed by atoms with Crippen LogP contribution in [0.2, 0.25) is 5.02 Å². The molecule has 0 aliphatic heterocycles. The third kappa shape index (κ3) is 2.81. The maximum absolute atomic E-state index is 7.51. The molecule has 2 aromatic rings. The van der Waals surface area contributed by atoms with Gasteiger partial charge >= 0.3 is 0 Å². The molecule has 2 aromatic carbocycles. The van der Waals surface area contributed by atoms with Crippen molar-refractivity contribution in [3.05, 3.63) is 58.6 Å². The Morgan fingerprint density at radius 3 is 2.44 bits per heavy atom. The van der Waals surface area contributed by atoms with Gasteiger partial charge in [-0.25, -0.2) is 0 Å². The summed E-state index contributed by atoms with van der Waals surface area (Å²) in [6, 6.07) is 12.7. The largest absolute Gasteiger partial charge is 0.457 e. The van der Waals surface area contributed by atoms with Gasteiger partial charge in [0.05, 0.1) is 5.56 Å². The third-order valence-electron chi connectivity index (χ3n) is 2.48. The third-order valence-corrected chi connectivity index (χ3v) is 2.72. The number of rotatable bonds is 3. The molecule has 3 N–H and O–H groups in total. The Balaban J connectivity index is 2.34. The van der Waals surface area contributed by atoms with Crippen LogP contribution >= 0.6 is 11.6 Å². The predicted molar refractivity (Wildman–Crippen MR) is 73.7 cm³/mol. The number of hydrogen-bond donors (Lipinski definition) is 2. The van der Waals surface area contributed by atoms with Gasteiger partial charge in [0.1, 0.15) is 17.3 Å². The summed E-state index contributed by atoms with van der Waals surface area (Å²) in [6.07, 6.45) is 0. The van der Waals surface area contributed by atoms with Crippen LogP contribution in [0, 0.1) is 12.3 Å². The summed E-state index contributed by atoms with van der Waals surface area (Å²) in [6.45, 7) is 2.01. The lowest BCUT2D eigenvalue weighted by Crippen LogP contribution is -2.12. The predicted octanol–water partition coefficient (Wildman–Crippen LogP) is 3.72. The van der Waals surface area contributed by atoms with Crippen molar-refractivity contribution in [2.24, 2.45) is 5.73 Å². The van der Waals surface area contributed by atoms with Gasteiger partial charge in [-0.1, -0.05) is 29.3 Å². The molecule has 0 unspecified atom stereocenters. The van der Waals surface area contributed by atoms with Crippen molar-refractivity contribution in [1.29, 1.82) is 5.41 Å². The second kappa shape index (κ2) is 5.10. The number of amidine groups is 1. The number of nitrogen functional groups attached to an aromatic ring is 1. The maximum Gasteiger partial charge on any atom is 0.138 e. The van der Waals surface area contributed by atoms with Crippen molar-refractivity contribution < 1.29 is 4.74 Å². The monoisotopic (exact) mass is 260 g/mol. The van der Waals surface area contributed by atoms with Crippen LogP contribution in [0.1, 0.15) is 11.1 Å². The smallest absolute Gasteiger partial charge is 0.138 e. The first-order valence-corrected chi connectivity index (χ1v) is 5.82. The van der Waals surface area contributed by atoms with E-state index in [2.05, 4.69) is 0 Å². The van der Waals surface area contributed by atoms with Crippen molar-refractivity contribution in [1.82, 2.24) is 0 Å². The molecule has 0 saturated carbocycles. The lowest BCUT2D eigenvalue weighted by Gasteiger charge is -2.10. The number of ether oxygens (including phenoxy) is 1. The second-order valence-electron chi connectivity index (χ2n) is 3.97. The highest BCUT2D eigenvalue weighted by Gasteiger charge is 2.08. The van der Waals surface area contributed by atoms with E-state index in [1.165, 1.54) is 0 Å². The topological polar surface area (TPSA) is 59.1 Å². The van der Waals surface area contributed by atoms with E-state index in [0.29, 0.717) is 22.1 Å². The summed E-state index contributed by atoms with van der Waals surface area (Å²) in [5.74, 6) is 1.15. The Kier molecular flexibility index (Phi) is 3.53. The summed E-state index contributed by atoms with van der Waals surface area (Å²) >= 11 is 5.88. The molecule has 0 aliphatic rings. The molecule has 3 nitrogen and oxygen atoms in total. The summed E-state index contributed by atoms with van der Waals surface area (Å²) in [5.41, 5.74) is 7.15. The Hall–Kier alpha value is -2.00. The molecule has 18 heavy (non-hydrogen) atoms. The fraction of sp³-hybridized carbons (Fsp3) is 0.0714. The van der Waals surface area contributed by atoms with Gasteiger partial charge in [0, 0.05) is 5.02 Å². The minimum Gasteiger partial charge on any atom is -0.457 e. The molecule has 0 amide bonds. The number of halogens is 1. The summed E-state index contributed by atoms with van der Waals surface area (Å²) < 4.78 is 5.70. The zero-order valence-electron chi connectivity index (χ0n) is 9.91. The van der Waals surface area contributed by atoms with E-state index in [9.17, 15) is 0 Å². The van der Waals surface area contributed by atoms with E-state index in [4.69, 9.17) is 27.5 Å². The fourth-order valence-electron chi connectivity index (χ4n) is 1.53. The molecule has 0 heterocycles. The molecule has 2 rings (SSSR count). The van der Waals surface area contributed by atoms with Crippen molar-refractivity contribution in [3.63, 3.8) is 0 Å². The number of nitrogens with one attached hydrogen (secondary N) is 1. The molecular weight excluding hydrogens is 248 g/mol. The molecular formula is C14H13ClN2O. The number of nitrogens with two attached hydrogens (primary N) is 1. The minimum atomic E-state index is -0.0698. The zero-order valence-corrected chi connectivity index (χ0v) is 10.7. The van der Waals surface area contributed by atoms with Crippen LogP contribution in [0.15, 0.2) is 42.5 Å². The van der Waals surface area contributed by atoms with Crippen molar-refractivity contribution in [2.45, 2.75) is 6.92 Å². The van der Waals surface area contributed by atoms with Crippen molar-refractivity contribution >= 4 is 17.4 Å². The minimum absolute atomic E-state index is 0.0698. The molecule has 0 saturated heterocycles. The molecule has 92 valence electrons.